The molecule has 1 aromatic heterocycles. The summed E-state index contributed by atoms with van der Waals surface area (Å²) in [5.41, 5.74) is 6.23. The number of aliphatic hydroxyl groups excluding tert-OH is 2. The second-order valence-electron chi connectivity index (χ2n) is 3.47. The molecule has 86 valence electrons. The highest BCUT2D eigenvalue weighted by molar-refractivity contribution is 5.60. The summed E-state index contributed by atoms with van der Waals surface area (Å²) in [6.45, 7) is 4.42. The van der Waals surface area contributed by atoms with Crippen molar-refractivity contribution in [3.8, 4) is 0 Å². The van der Waals surface area contributed by atoms with Gasteiger partial charge < -0.3 is 21.3 Å². The Balaban J connectivity index is 2.76. The van der Waals surface area contributed by atoms with E-state index in [0.29, 0.717) is 11.5 Å². The summed E-state index contributed by atoms with van der Waals surface area (Å²) in [7, 11) is 0. The summed E-state index contributed by atoms with van der Waals surface area (Å²) >= 11 is 0. The standard InChI is InChI=1S/C9H18N4O2/c1-3-11-9-7(10)4-12-13(9)5-8(15)6(2)14/h4,6,8,11,14-15H,3,5,10H2,1-2H3. The molecule has 1 aromatic rings. The van der Waals surface area contributed by atoms with Gasteiger partial charge in [0.1, 0.15) is 5.82 Å². The maximum atomic E-state index is 9.50. The van der Waals surface area contributed by atoms with Crippen LogP contribution in [0.3, 0.4) is 0 Å². The first-order chi connectivity index (χ1) is 7.06. The number of aromatic nitrogens is 2. The van der Waals surface area contributed by atoms with Gasteiger partial charge in [-0.3, -0.25) is 0 Å². The molecule has 2 atom stereocenters. The third-order valence-corrected chi connectivity index (χ3v) is 2.13. The zero-order valence-electron chi connectivity index (χ0n) is 9.01. The molecule has 0 aromatic carbocycles. The van der Waals surface area contributed by atoms with Crippen LogP contribution in [-0.2, 0) is 6.54 Å². The number of aliphatic hydroxyl groups is 2. The van der Waals surface area contributed by atoms with Gasteiger partial charge in [0.05, 0.1) is 30.6 Å². The largest absolute Gasteiger partial charge is 0.394 e. The van der Waals surface area contributed by atoms with Crippen LogP contribution >= 0.6 is 0 Å². The van der Waals surface area contributed by atoms with Crippen LogP contribution in [0, 0.1) is 0 Å². The highest BCUT2D eigenvalue weighted by atomic mass is 16.3. The normalized spacial score (nSPS) is 14.9. The van der Waals surface area contributed by atoms with E-state index >= 15 is 0 Å². The number of hydrogen-bond donors (Lipinski definition) is 4. The topological polar surface area (TPSA) is 96.3 Å². The predicted octanol–water partition coefficient (Wildman–Crippen LogP) is -0.361. The smallest absolute Gasteiger partial charge is 0.147 e. The van der Waals surface area contributed by atoms with E-state index in [0.717, 1.165) is 6.54 Å². The molecule has 6 nitrogen and oxygen atoms in total. The Hall–Kier alpha value is -1.27. The Morgan fingerprint density at radius 2 is 2.27 bits per heavy atom. The van der Waals surface area contributed by atoms with Gasteiger partial charge in [-0.2, -0.15) is 5.10 Å². The summed E-state index contributed by atoms with van der Waals surface area (Å²) in [5.74, 6) is 0.678. The lowest BCUT2D eigenvalue weighted by atomic mass is 10.2. The molecule has 6 heteroatoms. The van der Waals surface area contributed by atoms with Crippen LogP contribution in [0.15, 0.2) is 6.20 Å². The maximum Gasteiger partial charge on any atom is 0.147 e. The molecular formula is C9H18N4O2. The molecule has 1 rings (SSSR count). The molecule has 0 bridgehead atoms. The summed E-state index contributed by atoms with van der Waals surface area (Å²) in [4.78, 5) is 0. The number of rotatable bonds is 5. The third kappa shape index (κ3) is 2.84. The Labute approximate surface area is 88.7 Å². The Morgan fingerprint density at radius 3 is 2.80 bits per heavy atom. The Bertz CT molecular complexity index is 311. The SMILES string of the molecule is CCNc1c(N)cnn1CC(O)C(C)O. The lowest BCUT2D eigenvalue weighted by molar-refractivity contribution is 0.0190. The van der Waals surface area contributed by atoms with Gasteiger partial charge in [0.25, 0.3) is 0 Å². The summed E-state index contributed by atoms with van der Waals surface area (Å²) in [5, 5.41) is 25.7. The van der Waals surface area contributed by atoms with E-state index in [1.165, 1.54) is 13.1 Å². The second kappa shape index (κ2) is 4.99. The lowest BCUT2D eigenvalue weighted by Crippen LogP contribution is -2.28. The van der Waals surface area contributed by atoms with E-state index in [1.807, 2.05) is 6.92 Å². The van der Waals surface area contributed by atoms with Crippen molar-refractivity contribution in [3.05, 3.63) is 6.20 Å². The lowest BCUT2D eigenvalue weighted by Gasteiger charge is -2.15. The van der Waals surface area contributed by atoms with Crippen LogP contribution < -0.4 is 11.1 Å². The molecule has 0 radical (unpaired) electrons. The molecule has 0 spiro atoms. The van der Waals surface area contributed by atoms with Crippen molar-refractivity contribution < 1.29 is 10.2 Å². The van der Waals surface area contributed by atoms with E-state index in [2.05, 4.69) is 10.4 Å². The average molecular weight is 214 g/mol. The summed E-state index contributed by atoms with van der Waals surface area (Å²) in [6.07, 6.45) is -0.112. The van der Waals surface area contributed by atoms with Crippen LogP contribution in [0.25, 0.3) is 0 Å². The first-order valence-electron chi connectivity index (χ1n) is 4.97. The number of nitrogens with one attached hydrogen (secondary N) is 1. The summed E-state index contributed by atoms with van der Waals surface area (Å²) in [6, 6.07) is 0. The van der Waals surface area contributed by atoms with E-state index in [1.54, 1.807) is 4.68 Å². The van der Waals surface area contributed by atoms with Gasteiger partial charge in [-0.1, -0.05) is 0 Å². The van der Waals surface area contributed by atoms with Crippen LogP contribution in [0.2, 0.25) is 0 Å². The second-order valence-corrected chi connectivity index (χ2v) is 3.47. The molecule has 0 aliphatic rings. The quantitative estimate of drug-likeness (QED) is 0.536. The monoisotopic (exact) mass is 214 g/mol. The van der Waals surface area contributed by atoms with Crippen molar-refractivity contribution >= 4 is 11.5 Å². The molecule has 5 N–H and O–H groups in total. The fourth-order valence-corrected chi connectivity index (χ4v) is 1.23. The van der Waals surface area contributed by atoms with Crippen molar-refractivity contribution in [2.45, 2.75) is 32.6 Å². The number of anilines is 2. The minimum absolute atomic E-state index is 0.219. The maximum absolute atomic E-state index is 9.50. The summed E-state index contributed by atoms with van der Waals surface area (Å²) < 4.78 is 1.55. The van der Waals surface area contributed by atoms with Crippen LogP contribution in [0.4, 0.5) is 11.5 Å². The van der Waals surface area contributed by atoms with Gasteiger partial charge in [-0.15, -0.1) is 0 Å². The van der Waals surface area contributed by atoms with Crippen molar-refractivity contribution in [3.63, 3.8) is 0 Å². The Morgan fingerprint density at radius 1 is 1.60 bits per heavy atom. The van der Waals surface area contributed by atoms with E-state index in [4.69, 9.17) is 10.8 Å². The molecular weight excluding hydrogens is 196 g/mol. The molecule has 0 fully saturated rings. The average Bonchev–Trinajstić information content (AvgIpc) is 2.50. The van der Waals surface area contributed by atoms with Crippen LogP contribution in [0.5, 0.6) is 0 Å². The molecule has 0 saturated carbocycles. The number of nitrogens with two attached hydrogens (primary N) is 1. The van der Waals surface area contributed by atoms with Gasteiger partial charge in [0, 0.05) is 6.54 Å². The van der Waals surface area contributed by atoms with Gasteiger partial charge in [-0.05, 0) is 13.8 Å². The number of nitrogen functional groups attached to an aromatic ring is 1. The zero-order valence-corrected chi connectivity index (χ0v) is 9.01. The highest BCUT2D eigenvalue weighted by Crippen LogP contribution is 2.17. The first kappa shape index (κ1) is 11.8. The molecule has 1 heterocycles. The number of hydrogen-bond acceptors (Lipinski definition) is 5. The van der Waals surface area contributed by atoms with Crippen LogP contribution in [0.1, 0.15) is 13.8 Å². The predicted molar refractivity (Wildman–Crippen MR) is 58.5 cm³/mol. The third-order valence-electron chi connectivity index (χ3n) is 2.13. The molecule has 0 amide bonds. The molecule has 2 unspecified atom stereocenters. The molecule has 0 saturated heterocycles. The minimum Gasteiger partial charge on any atom is -0.394 e. The highest BCUT2D eigenvalue weighted by Gasteiger charge is 2.15. The number of nitrogens with zero attached hydrogens (tertiary/aromatic N) is 2. The van der Waals surface area contributed by atoms with Gasteiger partial charge in [0.2, 0.25) is 0 Å². The van der Waals surface area contributed by atoms with Crippen molar-refractivity contribution in [1.82, 2.24) is 9.78 Å². The van der Waals surface area contributed by atoms with E-state index in [-0.39, 0.29) is 6.54 Å². The van der Waals surface area contributed by atoms with E-state index < -0.39 is 12.2 Å². The zero-order chi connectivity index (χ0) is 11.4. The molecule has 0 aliphatic carbocycles. The van der Waals surface area contributed by atoms with E-state index in [9.17, 15) is 5.11 Å². The van der Waals surface area contributed by atoms with Crippen molar-refractivity contribution in [2.24, 2.45) is 0 Å². The van der Waals surface area contributed by atoms with Crippen LogP contribution in [-0.4, -0.2) is 38.7 Å². The van der Waals surface area contributed by atoms with Gasteiger partial charge >= 0.3 is 0 Å². The van der Waals surface area contributed by atoms with Gasteiger partial charge in [-0.25, -0.2) is 4.68 Å². The Kier molecular flexibility index (Phi) is 3.93. The first-order valence-corrected chi connectivity index (χ1v) is 4.97. The molecule has 0 aliphatic heterocycles. The van der Waals surface area contributed by atoms with Crippen molar-refractivity contribution in [1.29, 1.82) is 0 Å². The van der Waals surface area contributed by atoms with Gasteiger partial charge in [0.15, 0.2) is 0 Å². The molecule has 15 heavy (non-hydrogen) atoms. The minimum atomic E-state index is -0.846. The fourth-order valence-electron chi connectivity index (χ4n) is 1.23. The fraction of sp³-hybridized carbons (Fsp3) is 0.667. The van der Waals surface area contributed by atoms with Crippen molar-refractivity contribution in [2.75, 3.05) is 17.6 Å².